The fourth-order valence-corrected chi connectivity index (χ4v) is 5.02. The van der Waals surface area contributed by atoms with Crippen LogP contribution in [0.3, 0.4) is 0 Å². The Balaban J connectivity index is 1.81. The van der Waals surface area contributed by atoms with Crippen molar-refractivity contribution in [2.24, 2.45) is 5.10 Å². The van der Waals surface area contributed by atoms with Gasteiger partial charge in [-0.25, -0.2) is 13.8 Å². The lowest BCUT2D eigenvalue weighted by molar-refractivity contribution is -0.119. The van der Waals surface area contributed by atoms with E-state index in [1.165, 1.54) is 37.5 Å². The molecule has 3 rings (SSSR count). The summed E-state index contributed by atoms with van der Waals surface area (Å²) in [5, 5.41) is 4.66. The molecular weight excluding hydrogens is 422 g/mol. The number of carbonyl (C=O) groups is 1. The van der Waals surface area contributed by atoms with Gasteiger partial charge in [0.15, 0.2) is 0 Å². The van der Waals surface area contributed by atoms with Crippen molar-refractivity contribution in [2.45, 2.75) is 49.8 Å². The van der Waals surface area contributed by atoms with Crippen molar-refractivity contribution in [3.8, 4) is 0 Å². The molecule has 8 heteroatoms. The summed E-state index contributed by atoms with van der Waals surface area (Å²) in [5.41, 5.74) is 3.83. The number of rotatable bonds is 6. The summed E-state index contributed by atoms with van der Waals surface area (Å²) in [7, 11) is -3.95. The summed E-state index contributed by atoms with van der Waals surface area (Å²) in [6.45, 7) is -0.394. The third-order valence-electron chi connectivity index (χ3n) is 4.98. The third-order valence-corrected chi connectivity index (χ3v) is 7.01. The molecule has 0 aliphatic heterocycles. The van der Waals surface area contributed by atoms with E-state index in [1.807, 2.05) is 0 Å². The fraction of sp³-hybridized carbons (Fsp3) is 0.364. The number of nitrogens with zero attached hydrogens (tertiary/aromatic N) is 2. The van der Waals surface area contributed by atoms with E-state index < -0.39 is 22.5 Å². The topological polar surface area (TPSA) is 78.8 Å². The number of sulfonamides is 1. The summed E-state index contributed by atoms with van der Waals surface area (Å²) in [6.07, 6.45) is 7.43. The predicted molar refractivity (Wildman–Crippen MR) is 120 cm³/mol. The van der Waals surface area contributed by atoms with Crippen LogP contribution in [0.5, 0.6) is 0 Å². The number of carbonyl (C=O) groups excluding carboxylic acids is 1. The van der Waals surface area contributed by atoms with Gasteiger partial charge < -0.3 is 0 Å². The third kappa shape index (κ3) is 6.06. The molecule has 6 nitrogen and oxygen atoms in total. The second kappa shape index (κ2) is 10.6. The average molecular weight is 448 g/mol. The molecule has 2 aromatic rings. The lowest BCUT2D eigenvalue weighted by Crippen LogP contribution is -2.39. The number of halogens is 1. The first-order valence-electron chi connectivity index (χ1n) is 10.1. The summed E-state index contributed by atoms with van der Waals surface area (Å²) < 4.78 is 27.5. The number of nitrogens with one attached hydrogen (secondary N) is 1. The minimum atomic E-state index is -3.95. The van der Waals surface area contributed by atoms with E-state index in [0.717, 1.165) is 35.7 Å². The SMILES string of the molecule is O=C(CN(c1cccc(Cl)c1)S(=O)(=O)c1ccccc1)NN=C1CCCCCCC1. The summed E-state index contributed by atoms with van der Waals surface area (Å²) in [5.74, 6) is -0.496. The molecule has 1 aliphatic carbocycles. The van der Waals surface area contributed by atoms with Crippen molar-refractivity contribution in [3.63, 3.8) is 0 Å². The maximum absolute atomic E-state index is 13.2. The Morgan fingerprint density at radius 2 is 1.63 bits per heavy atom. The number of amides is 1. The molecule has 0 saturated heterocycles. The first kappa shape index (κ1) is 22.3. The largest absolute Gasteiger partial charge is 0.271 e. The lowest BCUT2D eigenvalue weighted by atomic mass is 9.99. The van der Waals surface area contributed by atoms with E-state index in [4.69, 9.17) is 11.6 Å². The standard InChI is InChI=1S/C22H26ClN3O3S/c23-18-10-9-13-20(16-18)26(30(28,29)21-14-7-4-8-15-21)17-22(27)25-24-19-11-5-2-1-3-6-12-19/h4,7-10,13-16H,1-3,5-6,11-12,17H2,(H,25,27). The Bertz CT molecular complexity index is 984. The maximum atomic E-state index is 13.2. The zero-order valence-electron chi connectivity index (χ0n) is 16.8. The lowest BCUT2D eigenvalue weighted by Gasteiger charge is -2.24. The Labute approximate surface area is 183 Å². The summed E-state index contributed by atoms with van der Waals surface area (Å²) in [6, 6.07) is 14.5. The zero-order chi connectivity index (χ0) is 21.4. The normalized spacial score (nSPS) is 15.0. The van der Waals surface area contributed by atoms with Gasteiger partial charge in [-0.1, -0.05) is 55.1 Å². The molecule has 0 atom stereocenters. The van der Waals surface area contributed by atoms with Crippen molar-refractivity contribution in [3.05, 3.63) is 59.6 Å². The van der Waals surface area contributed by atoms with Crippen LogP contribution in [-0.4, -0.2) is 26.6 Å². The van der Waals surface area contributed by atoms with E-state index in [0.29, 0.717) is 10.7 Å². The molecule has 2 aromatic carbocycles. The van der Waals surface area contributed by atoms with Crippen molar-refractivity contribution < 1.29 is 13.2 Å². The Hall–Kier alpha value is -2.38. The Morgan fingerprint density at radius 1 is 0.967 bits per heavy atom. The number of hydrogen-bond acceptors (Lipinski definition) is 4. The monoisotopic (exact) mass is 447 g/mol. The van der Waals surface area contributed by atoms with Crippen LogP contribution in [0.4, 0.5) is 5.69 Å². The smallest absolute Gasteiger partial charge is 0.264 e. The molecule has 0 heterocycles. The zero-order valence-corrected chi connectivity index (χ0v) is 18.3. The predicted octanol–water partition coefficient (Wildman–Crippen LogP) is 4.75. The molecule has 1 N–H and O–H groups in total. The molecule has 1 aliphatic rings. The molecule has 1 fully saturated rings. The van der Waals surface area contributed by atoms with Crippen LogP contribution >= 0.6 is 11.6 Å². The van der Waals surface area contributed by atoms with Crippen molar-refractivity contribution in [1.82, 2.24) is 5.43 Å². The molecular formula is C22H26ClN3O3S. The molecule has 0 bridgehead atoms. The highest BCUT2D eigenvalue weighted by Gasteiger charge is 2.27. The second-order valence-electron chi connectivity index (χ2n) is 7.29. The number of hydrazone groups is 1. The minimum Gasteiger partial charge on any atom is -0.271 e. The highest BCUT2D eigenvalue weighted by atomic mass is 35.5. The van der Waals surface area contributed by atoms with Gasteiger partial charge in [0.1, 0.15) is 6.54 Å². The molecule has 0 radical (unpaired) electrons. The molecule has 30 heavy (non-hydrogen) atoms. The van der Waals surface area contributed by atoms with E-state index in [9.17, 15) is 13.2 Å². The highest BCUT2D eigenvalue weighted by molar-refractivity contribution is 7.92. The number of hydrogen-bond donors (Lipinski definition) is 1. The Morgan fingerprint density at radius 3 is 2.30 bits per heavy atom. The van der Waals surface area contributed by atoms with Gasteiger partial charge in [0.05, 0.1) is 10.6 Å². The molecule has 0 unspecified atom stereocenters. The van der Waals surface area contributed by atoms with Gasteiger partial charge in [-0.15, -0.1) is 0 Å². The van der Waals surface area contributed by atoms with Crippen molar-refractivity contribution >= 4 is 38.9 Å². The first-order valence-corrected chi connectivity index (χ1v) is 12.0. The van der Waals surface area contributed by atoms with Crippen LogP contribution < -0.4 is 9.73 Å². The van der Waals surface area contributed by atoms with Crippen LogP contribution in [0, 0.1) is 0 Å². The van der Waals surface area contributed by atoms with Crippen LogP contribution in [0.2, 0.25) is 5.02 Å². The van der Waals surface area contributed by atoms with Gasteiger partial charge in [-0.2, -0.15) is 5.10 Å². The first-order chi connectivity index (χ1) is 14.5. The highest BCUT2D eigenvalue weighted by Crippen LogP contribution is 2.26. The van der Waals surface area contributed by atoms with Gasteiger partial charge >= 0.3 is 0 Å². The number of benzene rings is 2. The van der Waals surface area contributed by atoms with Crippen molar-refractivity contribution in [2.75, 3.05) is 10.8 Å². The van der Waals surface area contributed by atoms with Crippen molar-refractivity contribution in [1.29, 1.82) is 0 Å². The molecule has 1 amide bonds. The summed E-state index contributed by atoms with van der Waals surface area (Å²) >= 11 is 6.07. The van der Waals surface area contributed by atoms with Gasteiger partial charge in [-0.05, 0) is 56.0 Å². The Kier molecular flexibility index (Phi) is 7.87. The maximum Gasteiger partial charge on any atom is 0.264 e. The van der Waals surface area contributed by atoms with Gasteiger partial charge in [0, 0.05) is 10.7 Å². The van der Waals surface area contributed by atoms with Gasteiger partial charge in [-0.3, -0.25) is 9.10 Å². The van der Waals surface area contributed by atoms with Crippen LogP contribution in [0.25, 0.3) is 0 Å². The fourth-order valence-electron chi connectivity index (χ4n) is 3.40. The van der Waals surface area contributed by atoms with E-state index in [1.54, 1.807) is 36.4 Å². The molecule has 0 aromatic heterocycles. The second-order valence-corrected chi connectivity index (χ2v) is 9.58. The molecule has 160 valence electrons. The molecule has 0 spiro atoms. The van der Waals surface area contributed by atoms with Crippen LogP contribution in [0.1, 0.15) is 44.9 Å². The quantitative estimate of drug-likeness (QED) is 0.649. The van der Waals surface area contributed by atoms with E-state index in [-0.39, 0.29) is 4.90 Å². The number of anilines is 1. The van der Waals surface area contributed by atoms with Crippen LogP contribution in [0.15, 0.2) is 64.6 Å². The van der Waals surface area contributed by atoms with E-state index in [2.05, 4.69) is 10.5 Å². The minimum absolute atomic E-state index is 0.101. The molecule has 1 saturated carbocycles. The van der Waals surface area contributed by atoms with Gasteiger partial charge in [0.2, 0.25) is 0 Å². The van der Waals surface area contributed by atoms with Gasteiger partial charge in [0.25, 0.3) is 15.9 Å². The summed E-state index contributed by atoms with van der Waals surface area (Å²) in [4.78, 5) is 12.7. The average Bonchev–Trinajstić information content (AvgIpc) is 2.72. The van der Waals surface area contributed by atoms with E-state index >= 15 is 0 Å². The van der Waals surface area contributed by atoms with Crippen LogP contribution in [-0.2, 0) is 14.8 Å².